The number of allylic oxidation sites excluding steroid dienone is 2. The molecule has 7 nitrogen and oxygen atoms in total. The van der Waals surface area contributed by atoms with Gasteiger partial charge in [-0.2, -0.15) is 0 Å². The van der Waals surface area contributed by atoms with Gasteiger partial charge in [-0.05, 0) is 84.3 Å². The summed E-state index contributed by atoms with van der Waals surface area (Å²) in [5.41, 5.74) is 10.2. The topological polar surface area (TPSA) is 76.0 Å². The van der Waals surface area contributed by atoms with Crippen molar-refractivity contribution in [3.05, 3.63) is 72.3 Å². The van der Waals surface area contributed by atoms with E-state index in [1.807, 2.05) is 18.2 Å². The molecule has 0 bridgehead atoms. The third-order valence-electron chi connectivity index (χ3n) is 6.50. The van der Waals surface area contributed by atoms with Crippen molar-refractivity contribution in [1.82, 2.24) is 25.6 Å². The van der Waals surface area contributed by atoms with Crippen LogP contribution in [0.5, 0.6) is 5.75 Å². The van der Waals surface area contributed by atoms with Crippen molar-refractivity contribution in [2.45, 2.75) is 52.3 Å². The van der Waals surface area contributed by atoms with Crippen molar-refractivity contribution < 1.29 is 17.9 Å². The molecule has 0 saturated heterocycles. The van der Waals surface area contributed by atoms with Gasteiger partial charge in [-0.3, -0.25) is 5.43 Å². The molecular formula is C27H31F3N6OS. The molecule has 1 unspecified atom stereocenters. The van der Waals surface area contributed by atoms with Gasteiger partial charge < -0.3 is 10.1 Å². The molecule has 202 valence electrons. The van der Waals surface area contributed by atoms with Crippen LogP contribution in [0.4, 0.5) is 18.9 Å². The van der Waals surface area contributed by atoms with E-state index in [0.717, 1.165) is 37.1 Å². The van der Waals surface area contributed by atoms with E-state index in [2.05, 4.69) is 63.9 Å². The smallest absolute Gasteiger partial charge is 0.406 e. The summed E-state index contributed by atoms with van der Waals surface area (Å²) in [4.78, 5) is 4.41. The van der Waals surface area contributed by atoms with Crippen molar-refractivity contribution in [2.75, 3.05) is 11.9 Å². The van der Waals surface area contributed by atoms with Crippen molar-refractivity contribution in [2.24, 2.45) is 5.41 Å². The van der Waals surface area contributed by atoms with Crippen LogP contribution in [0.3, 0.4) is 0 Å². The SMILES string of the molecule is CC(C)c1ccccc1NC(=S)NNCC1(C)CC=C(c2ncn(-c3ccc(OC(F)(F)F)cc3)n2)CC1. The average molecular weight is 545 g/mol. The number of benzene rings is 2. The van der Waals surface area contributed by atoms with Gasteiger partial charge in [-0.15, -0.1) is 18.3 Å². The van der Waals surface area contributed by atoms with Crippen LogP contribution in [0.2, 0.25) is 0 Å². The van der Waals surface area contributed by atoms with Crippen LogP contribution < -0.4 is 20.9 Å². The molecule has 0 saturated carbocycles. The average Bonchev–Trinajstić information content (AvgIpc) is 3.34. The second kappa shape index (κ2) is 11.5. The second-order valence-corrected chi connectivity index (χ2v) is 10.4. The number of nitrogens with one attached hydrogen (secondary N) is 3. The highest BCUT2D eigenvalue weighted by molar-refractivity contribution is 7.80. The largest absolute Gasteiger partial charge is 0.573 e. The summed E-state index contributed by atoms with van der Waals surface area (Å²) in [6, 6.07) is 13.6. The first kappa shape index (κ1) is 27.6. The number of para-hydroxylation sites is 1. The zero-order valence-electron chi connectivity index (χ0n) is 21.5. The fourth-order valence-electron chi connectivity index (χ4n) is 4.31. The number of aromatic nitrogens is 3. The van der Waals surface area contributed by atoms with Crippen LogP contribution in [-0.4, -0.2) is 32.8 Å². The minimum absolute atomic E-state index is 0.0266. The van der Waals surface area contributed by atoms with E-state index < -0.39 is 6.36 Å². The maximum absolute atomic E-state index is 12.4. The summed E-state index contributed by atoms with van der Waals surface area (Å²) in [5, 5.41) is 8.31. The fraction of sp³-hybridized carbons (Fsp3) is 0.370. The van der Waals surface area contributed by atoms with Gasteiger partial charge in [0.15, 0.2) is 10.9 Å². The molecule has 3 N–H and O–H groups in total. The Kier molecular flexibility index (Phi) is 8.37. The van der Waals surface area contributed by atoms with E-state index in [1.54, 1.807) is 6.33 Å². The van der Waals surface area contributed by atoms with Gasteiger partial charge >= 0.3 is 6.36 Å². The maximum Gasteiger partial charge on any atom is 0.573 e. The minimum Gasteiger partial charge on any atom is -0.406 e. The molecule has 1 aliphatic rings. The quantitative estimate of drug-likeness (QED) is 0.225. The number of halogens is 3. The number of hydrogen-bond donors (Lipinski definition) is 3. The predicted molar refractivity (Wildman–Crippen MR) is 146 cm³/mol. The molecule has 2 aromatic carbocycles. The molecule has 0 aliphatic heterocycles. The Labute approximate surface area is 225 Å². The Morgan fingerprint density at radius 3 is 2.55 bits per heavy atom. The number of anilines is 1. The van der Waals surface area contributed by atoms with Crippen LogP contribution >= 0.6 is 12.2 Å². The molecule has 4 rings (SSSR count). The summed E-state index contributed by atoms with van der Waals surface area (Å²) < 4.78 is 42.6. The van der Waals surface area contributed by atoms with Gasteiger partial charge in [0.25, 0.3) is 0 Å². The number of hydrogen-bond acceptors (Lipinski definition) is 5. The Hall–Kier alpha value is -3.44. The minimum atomic E-state index is -4.72. The van der Waals surface area contributed by atoms with E-state index in [4.69, 9.17) is 12.2 Å². The summed E-state index contributed by atoms with van der Waals surface area (Å²) in [5.74, 6) is 0.717. The lowest BCUT2D eigenvalue weighted by Gasteiger charge is -2.32. The molecule has 0 radical (unpaired) electrons. The van der Waals surface area contributed by atoms with Crippen molar-refractivity contribution in [3.63, 3.8) is 0 Å². The third kappa shape index (κ3) is 7.32. The van der Waals surface area contributed by atoms with Gasteiger partial charge in [0.2, 0.25) is 0 Å². The van der Waals surface area contributed by atoms with E-state index >= 15 is 0 Å². The number of thiocarbonyl (C=S) groups is 1. The molecule has 0 spiro atoms. The van der Waals surface area contributed by atoms with Gasteiger partial charge in [0.1, 0.15) is 12.1 Å². The fourth-order valence-corrected chi connectivity index (χ4v) is 4.50. The summed E-state index contributed by atoms with van der Waals surface area (Å²) >= 11 is 5.47. The van der Waals surface area contributed by atoms with Crippen LogP contribution in [0.15, 0.2) is 60.9 Å². The summed E-state index contributed by atoms with van der Waals surface area (Å²) in [7, 11) is 0. The Morgan fingerprint density at radius 1 is 1.16 bits per heavy atom. The van der Waals surface area contributed by atoms with Gasteiger partial charge in [0, 0.05) is 12.2 Å². The van der Waals surface area contributed by atoms with Crippen molar-refractivity contribution >= 4 is 28.6 Å². The first-order valence-electron chi connectivity index (χ1n) is 12.4. The number of ether oxygens (including phenoxy) is 1. The Balaban J connectivity index is 1.29. The lowest BCUT2D eigenvalue weighted by molar-refractivity contribution is -0.274. The molecular weight excluding hydrogens is 513 g/mol. The maximum atomic E-state index is 12.4. The summed E-state index contributed by atoms with van der Waals surface area (Å²) in [6.45, 7) is 7.24. The lowest BCUT2D eigenvalue weighted by atomic mass is 9.76. The van der Waals surface area contributed by atoms with Crippen LogP contribution in [0.1, 0.15) is 57.3 Å². The van der Waals surface area contributed by atoms with Gasteiger partial charge in [-0.25, -0.2) is 15.1 Å². The first-order chi connectivity index (χ1) is 18.0. The summed E-state index contributed by atoms with van der Waals surface area (Å²) in [6.07, 6.45) is 1.57. The van der Waals surface area contributed by atoms with Gasteiger partial charge in [-0.1, -0.05) is 45.0 Å². The molecule has 0 amide bonds. The van der Waals surface area contributed by atoms with E-state index in [0.29, 0.717) is 22.5 Å². The van der Waals surface area contributed by atoms with Crippen LogP contribution in [0.25, 0.3) is 11.3 Å². The molecule has 11 heteroatoms. The van der Waals surface area contributed by atoms with Crippen LogP contribution in [-0.2, 0) is 0 Å². The zero-order chi connectivity index (χ0) is 27.3. The Bertz CT molecular complexity index is 1290. The highest BCUT2D eigenvalue weighted by Gasteiger charge is 2.31. The molecule has 1 atom stereocenters. The van der Waals surface area contributed by atoms with Crippen molar-refractivity contribution in [1.29, 1.82) is 0 Å². The van der Waals surface area contributed by atoms with Gasteiger partial charge in [0.05, 0.1) is 5.69 Å². The molecule has 1 aromatic heterocycles. The lowest BCUT2D eigenvalue weighted by Crippen LogP contribution is -2.45. The predicted octanol–water partition coefficient (Wildman–Crippen LogP) is 6.35. The van der Waals surface area contributed by atoms with E-state index in [-0.39, 0.29) is 11.2 Å². The first-order valence-corrected chi connectivity index (χ1v) is 12.8. The van der Waals surface area contributed by atoms with E-state index in [9.17, 15) is 13.2 Å². The number of hydrazine groups is 1. The normalized spacial score (nSPS) is 17.7. The number of alkyl halides is 3. The monoisotopic (exact) mass is 544 g/mol. The standard InChI is InChI=1S/C27H31F3N6OS/c1-18(2)22-6-4-5-7-23(22)33-25(38)34-32-16-26(3)14-12-19(13-15-26)24-31-17-36(35-24)20-8-10-21(11-9-20)37-27(28,29)30/h4-12,17-18,32H,13-16H2,1-3H3,(H2,33,34,38). The number of rotatable bonds is 8. The zero-order valence-corrected chi connectivity index (χ0v) is 22.3. The molecule has 1 aliphatic carbocycles. The highest BCUT2D eigenvalue weighted by atomic mass is 32.1. The molecule has 1 heterocycles. The molecule has 0 fully saturated rings. The highest BCUT2D eigenvalue weighted by Crippen LogP contribution is 2.37. The number of nitrogens with zero attached hydrogens (tertiary/aromatic N) is 3. The second-order valence-electron chi connectivity index (χ2n) is 9.97. The van der Waals surface area contributed by atoms with E-state index in [1.165, 1.54) is 34.5 Å². The Morgan fingerprint density at radius 2 is 1.89 bits per heavy atom. The molecule has 38 heavy (non-hydrogen) atoms. The van der Waals surface area contributed by atoms with Crippen LogP contribution in [0, 0.1) is 5.41 Å². The van der Waals surface area contributed by atoms with Crippen molar-refractivity contribution in [3.8, 4) is 11.4 Å². The molecule has 3 aromatic rings. The third-order valence-corrected chi connectivity index (χ3v) is 6.71.